The highest BCUT2D eigenvalue weighted by atomic mass is 32.1. The van der Waals surface area contributed by atoms with Crippen LogP contribution in [-0.2, 0) is 11.2 Å². The van der Waals surface area contributed by atoms with Gasteiger partial charge in [0.05, 0.1) is 11.4 Å². The van der Waals surface area contributed by atoms with Crippen LogP contribution in [0.1, 0.15) is 39.0 Å². The molecule has 1 aliphatic heterocycles. The molecule has 6 nitrogen and oxygen atoms in total. The molecule has 0 saturated carbocycles. The van der Waals surface area contributed by atoms with Crippen LogP contribution < -0.4 is 10.2 Å². The quantitative estimate of drug-likeness (QED) is 0.921. The maximum atomic E-state index is 11.9. The summed E-state index contributed by atoms with van der Waals surface area (Å²) in [4.78, 5) is 25.4. The highest BCUT2D eigenvalue weighted by Crippen LogP contribution is 2.32. The first kappa shape index (κ1) is 17.0. The molecule has 1 amide bonds. The number of nitrogens with zero attached hydrogens (tertiary/aromatic N) is 3. The number of alkyl carbamates (subject to hydrolysis) is 1. The molecule has 0 spiro atoms. The number of hydrogen-bond donors (Lipinski definition) is 1. The Morgan fingerprint density at radius 3 is 2.96 bits per heavy atom. The van der Waals surface area contributed by atoms with E-state index in [0.717, 1.165) is 42.0 Å². The van der Waals surface area contributed by atoms with Crippen molar-refractivity contribution in [3.63, 3.8) is 0 Å². The van der Waals surface area contributed by atoms with Crippen molar-refractivity contribution in [1.29, 1.82) is 0 Å². The van der Waals surface area contributed by atoms with Gasteiger partial charge in [-0.25, -0.2) is 14.8 Å². The average molecular weight is 348 g/mol. The van der Waals surface area contributed by atoms with E-state index in [4.69, 9.17) is 4.74 Å². The van der Waals surface area contributed by atoms with E-state index in [0.29, 0.717) is 0 Å². The van der Waals surface area contributed by atoms with Crippen molar-refractivity contribution in [2.24, 2.45) is 0 Å². The molecule has 1 saturated heterocycles. The van der Waals surface area contributed by atoms with Gasteiger partial charge in [-0.15, -0.1) is 11.3 Å². The van der Waals surface area contributed by atoms with Crippen molar-refractivity contribution in [2.75, 3.05) is 18.0 Å². The Morgan fingerprint density at radius 2 is 2.25 bits per heavy atom. The second-order valence-corrected chi connectivity index (χ2v) is 8.18. The summed E-state index contributed by atoms with van der Waals surface area (Å²) >= 11 is 1.72. The Bertz CT molecular complexity index is 738. The Balaban J connectivity index is 1.70. The summed E-state index contributed by atoms with van der Waals surface area (Å²) < 4.78 is 5.34. The molecule has 0 aromatic carbocycles. The monoisotopic (exact) mass is 348 g/mol. The zero-order valence-electron chi connectivity index (χ0n) is 14.6. The van der Waals surface area contributed by atoms with Gasteiger partial charge in [-0.3, -0.25) is 0 Å². The molecule has 1 aliphatic rings. The molecule has 3 rings (SSSR count). The number of rotatable bonds is 3. The summed E-state index contributed by atoms with van der Waals surface area (Å²) in [6.07, 6.45) is 3.16. The predicted molar refractivity (Wildman–Crippen MR) is 96.8 cm³/mol. The third-order valence-corrected chi connectivity index (χ3v) is 5.10. The van der Waals surface area contributed by atoms with Crippen LogP contribution >= 0.6 is 11.3 Å². The van der Waals surface area contributed by atoms with E-state index in [2.05, 4.69) is 33.2 Å². The number of fused-ring (bicyclic) bond motifs is 1. The molecular weight excluding hydrogens is 324 g/mol. The van der Waals surface area contributed by atoms with Crippen molar-refractivity contribution in [2.45, 2.75) is 52.2 Å². The van der Waals surface area contributed by atoms with Gasteiger partial charge in [0.1, 0.15) is 22.6 Å². The number of thiophene rings is 1. The number of aryl methyl sites for hydroxylation is 1. The third-order valence-electron chi connectivity index (χ3n) is 3.92. The van der Waals surface area contributed by atoms with E-state index in [-0.39, 0.29) is 12.1 Å². The Morgan fingerprint density at radius 1 is 1.46 bits per heavy atom. The lowest BCUT2D eigenvalue weighted by atomic mass is 10.2. The molecule has 1 fully saturated rings. The highest BCUT2D eigenvalue weighted by Gasteiger charge is 2.28. The van der Waals surface area contributed by atoms with Crippen LogP contribution in [0.4, 0.5) is 10.6 Å². The van der Waals surface area contributed by atoms with Gasteiger partial charge in [0, 0.05) is 18.0 Å². The van der Waals surface area contributed by atoms with Gasteiger partial charge in [0.25, 0.3) is 0 Å². The molecule has 7 heteroatoms. The van der Waals surface area contributed by atoms with E-state index in [1.54, 1.807) is 17.7 Å². The van der Waals surface area contributed by atoms with Crippen molar-refractivity contribution in [3.05, 3.63) is 17.3 Å². The summed E-state index contributed by atoms with van der Waals surface area (Å²) in [6.45, 7) is 9.36. The molecule has 0 unspecified atom stereocenters. The fourth-order valence-electron chi connectivity index (χ4n) is 2.86. The second-order valence-electron chi connectivity index (χ2n) is 7.06. The van der Waals surface area contributed by atoms with Gasteiger partial charge in [-0.2, -0.15) is 0 Å². The van der Waals surface area contributed by atoms with E-state index in [9.17, 15) is 4.79 Å². The van der Waals surface area contributed by atoms with Crippen LogP contribution in [0.15, 0.2) is 12.4 Å². The van der Waals surface area contributed by atoms with Gasteiger partial charge in [-0.1, -0.05) is 6.92 Å². The number of anilines is 1. The number of amides is 1. The molecule has 0 bridgehead atoms. The van der Waals surface area contributed by atoms with Gasteiger partial charge in [0.2, 0.25) is 0 Å². The molecule has 24 heavy (non-hydrogen) atoms. The van der Waals surface area contributed by atoms with Crippen molar-refractivity contribution < 1.29 is 9.53 Å². The van der Waals surface area contributed by atoms with Crippen LogP contribution in [0.2, 0.25) is 0 Å². The van der Waals surface area contributed by atoms with E-state index < -0.39 is 5.60 Å². The Labute approximate surface area is 146 Å². The van der Waals surface area contributed by atoms with Gasteiger partial charge in [-0.05, 0) is 39.7 Å². The summed E-state index contributed by atoms with van der Waals surface area (Å²) in [5.74, 6) is 0.962. The average Bonchev–Trinajstić information content (AvgIpc) is 3.10. The Hall–Kier alpha value is -1.89. The molecule has 1 N–H and O–H groups in total. The minimum atomic E-state index is -0.478. The van der Waals surface area contributed by atoms with Crippen molar-refractivity contribution >= 4 is 33.5 Å². The minimum Gasteiger partial charge on any atom is -0.444 e. The topological polar surface area (TPSA) is 67.4 Å². The van der Waals surface area contributed by atoms with Crippen LogP contribution in [-0.4, -0.2) is 40.8 Å². The van der Waals surface area contributed by atoms with E-state index in [1.807, 2.05) is 20.8 Å². The minimum absolute atomic E-state index is 0.0779. The highest BCUT2D eigenvalue weighted by molar-refractivity contribution is 7.18. The number of aromatic nitrogens is 2. The SMILES string of the molecule is CCc1cc2c(N3CC[C@@H](NC(=O)OC(C)(C)C)C3)ncnc2s1. The van der Waals surface area contributed by atoms with Crippen molar-refractivity contribution in [3.8, 4) is 0 Å². The first-order chi connectivity index (χ1) is 11.4. The van der Waals surface area contributed by atoms with Crippen LogP contribution in [0, 0.1) is 0 Å². The maximum Gasteiger partial charge on any atom is 0.407 e. The van der Waals surface area contributed by atoms with Gasteiger partial charge in [0.15, 0.2) is 0 Å². The Kier molecular flexibility index (Phi) is 4.62. The predicted octanol–water partition coefficient (Wildman–Crippen LogP) is 3.36. The largest absolute Gasteiger partial charge is 0.444 e. The van der Waals surface area contributed by atoms with Crippen LogP contribution in [0.3, 0.4) is 0 Å². The zero-order chi connectivity index (χ0) is 17.3. The standard InChI is InChI=1S/C17H24N4O2S/c1-5-12-8-13-14(18-10-19-15(13)24-12)21-7-6-11(9-21)20-16(22)23-17(2,3)4/h8,10-11H,5-7,9H2,1-4H3,(H,20,22)/t11-/m1/s1. The lowest BCUT2D eigenvalue weighted by Crippen LogP contribution is -2.40. The first-order valence-electron chi connectivity index (χ1n) is 8.33. The van der Waals surface area contributed by atoms with Gasteiger partial charge < -0.3 is 15.0 Å². The molecule has 1 atom stereocenters. The zero-order valence-corrected chi connectivity index (χ0v) is 15.4. The summed E-state index contributed by atoms with van der Waals surface area (Å²) in [7, 11) is 0. The number of hydrogen-bond acceptors (Lipinski definition) is 6. The number of carbonyl (C=O) groups is 1. The summed E-state index contributed by atoms with van der Waals surface area (Å²) in [5, 5.41) is 4.06. The van der Waals surface area contributed by atoms with Crippen LogP contribution in [0.5, 0.6) is 0 Å². The smallest absolute Gasteiger partial charge is 0.407 e. The molecular formula is C17H24N4O2S. The lowest BCUT2D eigenvalue weighted by Gasteiger charge is -2.22. The molecule has 2 aromatic rings. The molecule has 2 aromatic heterocycles. The molecule has 130 valence electrons. The molecule has 3 heterocycles. The second kappa shape index (κ2) is 6.55. The maximum absolute atomic E-state index is 11.9. The number of carbonyl (C=O) groups excluding carboxylic acids is 1. The normalized spacial score (nSPS) is 18.2. The summed E-state index contributed by atoms with van der Waals surface area (Å²) in [5.41, 5.74) is -0.478. The van der Waals surface area contributed by atoms with Gasteiger partial charge >= 0.3 is 6.09 Å². The van der Waals surface area contributed by atoms with Crippen molar-refractivity contribution in [1.82, 2.24) is 15.3 Å². The lowest BCUT2D eigenvalue weighted by molar-refractivity contribution is 0.0509. The fourth-order valence-corrected chi connectivity index (χ4v) is 3.79. The first-order valence-corrected chi connectivity index (χ1v) is 9.15. The number of ether oxygens (including phenoxy) is 1. The van der Waals surface area contributed by atoms with E-state index in [1.165, 1.54) is 4.88 Å². The van der Waals surface area contributed by atoms with E-state index >= 15 is 0 Å². The molecule has 0 radical (unpaired) electrons. The fraction of sp³-hybridized carbons (Fsp3) is 0.588. The molecule has 0 aliphatic carbocycles. The third kappa shape index (κ3) is 3.77. The summed E-state index contributed by atoms with van der Waals surface area (Å²) in [6, 6.07) is 2.26. The number of nitrogens with one attached hydrogen (secondary N) is 1. The van der Waals surface area contributed by atoms with Crippen LogP contribution in [0.25, 0.3) is 10.2 Å².